The molecule has 0 saturated carbocycles. The molecular formula is C68H117NO8P+. The SMILES string of the molecule is CC/C=C\C/C=C\C/C=C\C/C=C\C/C=C\C/C=C\C/C=C\CCCCCCCCCC(=O)OC(COC(=O)CCCCCCCCCCCC/C=C\C/C=C\C/C=C\CCCCCCC)COP(=O)(O)OCC[N+](C)(C)C. The van der Waals surface area contributed by atoms with E-state index in [4.69, 9.17) is 18.5 Å². The van der Waals surface area contributed by atoms with Crippen LogP contribution in [0.25, 0.3) is 0 Å². The molecule has 0 amide bonds. The number of carbonyl (C=O) groups is 2. The summed E-state index contributed by atoms with van der Waals surface area (Å²) < 4.78 is 34.6. The molecule has 0 aliphatic carbocycles. The van der Waals surface area contributed by atoms with Gasteiger partial charge in [-0.1, -0.05) is 245 Å². The van der Waals surface area contributed by atoms with Gasteiger partial charge in [0.2, 0.25) is 0 Å². The molecule has 9 nitrogen and oxygen atoms in total. The maximum absolute atomic E-state index is 12.8. The molecule has 1 N–H and O–H groups in total. The van der Waals surface area contributed by atoms with Gasteiger partial charge in [-0.3, -0.25) is 18.6 Å². The average Bonchev–Trinajstić information content (AvgIpc) is 3.41. The highest BCUT2D eigenvalue weighted by Crippen LogP contribution is 2.43. The number of nitrogens with zero attached hydrogens (tertiary/aromatic N) is 1. The summed E-state index contributed by atoms with van der Waals surface area (Å²) in [5.74, 6) is -0.820. The molecular weight excluding hydrogens is 990 g/mol. The molecule has 0 spiro atoms. The molecule has 0 aromatic heterocycles. The second kappa shape index (κ2) is 58.1. The number of esters is 2. The van der Waals surface area contributed by atoms with E-state index in [-0.39, 0.29) is 32.0 Å². The lowest BCUT2D eigenvalue weighted by atomic mass is 10.1. The standard InChI is InChI=1S/C68H116NO8P/c1-6-8-10-12-14-16-18-20-22-24-26-28-30-32-33-34-35-37-39-41-43-45-47-49-51-53-55-57-59-61-68(71)77-66(65-76-78(72,73)75-63-62-69(3,4)5)64-74-67(70)60-58-56-54-52-50-48-46-44-42-40-38-36-31-29-27-25-23-21-19-17-15-13-11-9-7-2/h8,10,14,16,19-22,25-28,31-33,35-37,41,43,66H,6-7,9,11-13,15,17-18,23-24,29-30,34,38-40,42,44-65H2,1-5H3/p+1/b10-8-,16-14-,21-19-,22-20-,27-25-,28-26-,33-32-,36-31-,37-35-,43-41-. The fraction of sp³-hybridized carbons (Fsp3) is 0.676. The first-order valence-electron chi connectivity index (χ1n) is 31.3. The van der Waals surface area contributed by atoms with Crippen molar-refractivity contribution < 1.29 is 42.1 Å². The molecule has 10 heteroatoms. The number of phosphoric ester groups is 1. The van der Waals surface area contributed by atoms with Crippen molar-refractivity contribution in [1.82, 2.24) is 0 Å². The van der Waals surface area contributed by atoms with E-state index in [2.05, 4.69) is 135 Å². The zero-order valence-electron chi connectivity index (χ0n) is 50.6. The highest BCUT2D eigenvalue weighted by atomic mass is 31.2. The van der Waals surface area contributed by atoms with Crippen molar-refractivity contribution in [1.29, 1.82) is 0 Å². The third-order valence-electron chi connectivity index (χ3n) is 13.0. The summed E-state index contributed by atoms with van der Waals surface area (Å²) in [6.45, 7) is 4.29. The zero-order chi connectivity index (χ0) is 57.0. The molecule has 2 unspecified atom stereocenters. The molecule has 78 heavy (non-hydrogen) atoms. The number of quaternary nitrogens is 1. The van der Waals surface area contributed by atoms with Crippen LogP contribution in [0.5, 0.6) is 0 Å². The second-order valence-corrected chi connectivity index (χ2v) is 23.2. The number of likely N-dealkylation sites (N-methyl/N-ethyl adjacent to an activating group) is 1. The van der Waals surface area contributed by atoms with Crippen LogP contribution in [0.1, 0.15) is 245 Å². The Kier molecular flexibility index (Phi) is 55.4. The fourth-order valence-corrected chi connectivity index (χ4v) is 8.92. The van der Waals surface area contributed by atoms with Crippen LogP contribution in [0.2, 0.25) is 0 Å². The molecule has 0 heterocycles. The Hall–Kier alpha value is -3.59. The molecule has 0 aliphatic heterocycles. The first kappa shape index (κ1) is 74.4. The fourth-order valence-electron chi connectivity index (χ4n) is 8.18. The van der Waals surface area contributed by atoms with Crippen LogP contribution in [-0.2, 0) is 32.7 Å². The molecule has 0 aliphatic rings. The molecule has 0 bridgehead atoms. The van der Waals surface area contributed by atoms with E-state index >= 15 is 0 Å². The van der Waals surface area contributed by atoms with E-state index in [0.29, 0.717) is 17.4 Å². The Bertz CT molecular complexity index is 1730. The quantitative estimate of drug-likeness (QED) is 0.0211. The summed E-state index contributed by atoms with van der Waals surface area (Å²) in [5.41, 5.74) is 0. The highest BCUT2D eigenvalue weighted by molar-refractivity contribution is 7.47. The molecule has 0 rings (SSSR count). The Morgan fingerprint density at radius 1 is 0.410 bits per heavy atom. The van der Waals surface area contributed by atoms with Crippen LogP contribution in [0.3, 0.4) is 0 Å². The van der Waals surface area contributed by atoms with Gasteiger partial charge in [0.25, 0.3) is 0 Å². The monoisotopic (exact) mass is 1110 g/mol. The summed E-state index contributed by atoms with van der Waals surface area (Å²) in [6.07, 6.45) is 82.7. The van der Waals surface area contributed by atoms with Gasteiger partial charge in [-0.25, -0.2) is 4.57 Å². The van der Waals surface area contributed by atoms with E-state index in [1.165, 1.54) is 109 Å². The third kappa shape index (κ3) is 61.6. The molecule has 0 aromatic rings. The first-order chi connectivity index (χ1) is 38.0. The Morgan fingerprint density at radius 2 is 0.731 bits per heavy atom. The largest absolute Gasteiger partial charge is 0.472 e. The van der Waals surface area contributed by atoms with Crippen LogP contribution in [0.4, 0.5) is 0 Å². The Balaban J connectivity index is 4.21. The summed E-state index contributed by atoms with van der Waals surface area (Å²) >= 11 is 0. The van der Waals surface area contributed by atoms with Gasteiger partial charge in [-0.15, -0.1) is 0 Å². The van der Waals surface area contributed by atoms with E-state index < -0.39 is 26.5 Å². The third-order valence-corrected chi connectivity index (χ3v) is 14.0. The van der Waals surface area contributed by atoms with Crippen molar-refractivity contribution in [3.05, 3.63) is 122 Å². The Morgan fingerprint density at radius 3 is 1.09 bits per heavy atom. The lowest BCUT2D eigenvalue weighted by molar-refractivity contribution is -0.870. The number of phosphoric acid groups is 1. The highest BCUT2D eigenvalue weighted by Gasteiger charge is 2.27. The lowest BCUT2D eigenvalue weighted by Gasteiger charge is -2.24. The first-order valence-corrected chi connectivity index (χ1v) is 32.8. The normalized spacial score (nSPS) is 14.1. The smallest absolute Gasteiger partial charge is 0.462 e. The minimum Gasteiger partial charge on any atom is -0.462 e. The number of carbonyl (C=O) groups excluding carboxylic acids is 2. The van der Waals surface area contributed by atoms with E-state index in [9.17, 15) is 19.0 Å². The number of allylic oxidation sites excluding steroid dienone is 20. The molecule has 0 aromatic carbocycles. The van der Waals surface area contributed by atoms with Gasteiger partial charge in [-0.05, 0) is 109 Å². The lowest BCUT2D eigenvalue weighted by Crippen LogP contribution is -2.37. The number of ether oxygens (including phenoxy) is 2. The second-order valence-electron chi connectivity index (χ2n) is 21.7. The average molecular weight is 1110 g/mol. The van der Waals surface area contributed by atoms with Gasteiger partial charge in [-0.2, -0.15) is 0 Å². The summed E-state index contributed by atoms with van der Waals surface area (Å²) in [7, 11) is 1.45. The number of rotatable bonds is 56. The van der Waals surface area contributed by atoms with Gasteiger partial charge < -0.3 is 18.9 Å². The van der Waals surface area contributed by atoms with Crippen molar-refractivity contribution in [2.24, 2.45) is 0 Å². The number of hydrogen-bond acceptors (Lipinski definition) is 7. The van der Waals surface area contributed by atoms with Crippen LogP contribution in [-0.4, -0.2) is 74.9 Å². The van der Waals surface area contributed by atoms with Gasteiger partial charge in [0.15, 0.2) is 6.10 Å². The van der Waals surface area contributed by atoms with Gasteiger partial charge in [0.1, 0.15) is 19.8 Å². The van der Waals surface area contributed by atoms with Crippen LogP contribution in [0, 0.1) is 0 Å². The van der Waals surface area contributed by atoms with Gasteiger partial charge >= 0.3 is 19.8 Å². The predicted molar refractivity (Wildman–Crippen MR) is 334 cm³/mol. The summed E-state index contributed by atoms with van der Waals surface area (Å²) in [5, 5.41) is 0. The van der Waals surface area contributed by atoms with E-state index in [0.717, 1.165) is 103 Å². The van der Waals surface area contributed by atoms with Crippen molar-refractivity contribution in [3.63, 3.8) is 0 Å². The Labute approximate surface area is 479 Å². The number of hydrogen-bond donors (Lipinski definition) is 1. The van der Waals surface area contributed by atoms with Crippen molar-refractivity contribution in [2.45, 2.75) is 251 Å². The van der Waals surface area contributed by atoms with Crippen molar-refractivity contribution in [3.8, 4) is 0 Å². The molecule has 0 radical (unpaired) electrons. The molecule has 2 atom stereocenters. The summed E-state index contributed by atoms with van der Waals surface area (Å²) in [4.78, 5) is 35.8. The molecule has 0 fully saturated rings. The van der Waals surface area contributed by atoms with Crippen LogP contribution in [0.15, 0.2) is 122 Å². The topological polar surface area (TPSA) is 108 Å². The molecule has 0 saturated heterocycles. The number of unbranched alkanes of at least 4 members (excludes halogenated alkanes) is 22. The maximum Gasteiger partial charge on any atom is 0.472 e. The van der Waals surface area contributed by atoms with Gasteiger partial charge in [0.05, 0.1) is 27.7 Å². The van der Waals surface area contributed by atoms with E-state index in [1.807, 2.05) is 21.1 Å². The zero-order valence-corrected chi connectivity index (χ0v) is 51.5. The van der Waals surface area contributed by atoms with Crippen molar-refractivity contribution in [2.75, 3.05) is 47.5 Å². The van der Waals surface area contributed by atoms with Gasteiger partial charge in [0, 0.05) is 12.8 Å². The summed E-state index contributed by atoms with van der Waals surface area (Å²) in [6, 6.07) is 0. The van der Waals surface area contributed by atoms with Crippen LogP contribution >= 0.6 is 7.82 Å². The van der Waals surface area contributed by atoms with E-state index in [1.54, 1.807) is 0 Å². The predicted octanol–water partition coefficient (Wildman–Crippen LogP) is 19.9. The van der Waals surface area contributed by atoms with Crippen molar-refractivity contribution >= 4 is 19.8 Å². The molecule has 446 valence electrons. The minimum absolute atomic E-state index is 0.0221. The minimum atomic E-state index is -4.40. The van der Waals surface area contributed by atoms with Crippen LogP contribution < -0.4 is 0 Å². The maximum atomic E-state index is 12.8.